The van der Waals surface area contributed by atoms with E-state index in [9.17, 15) is 9.59 Å². The average molecular weight is 421 g/mol. The van der Waals surface area contributed by atoms with Crippen LogP contribution in [0, 0.1) is 0 Å². The quantitative estimate of drug-likeness (QED) is 0.594. The van der Waals surface area contributed by atoms with E-state index in [1.54, 1.807) is 20.4 Å². The molecule has 1 amide bonds. The van der Waals surface area contributed by atoms with E-state index in [0.717, 1.165) is 22.0 Å². The minimum Gasteiger partial charge on any atom is -0.493 e. The van der Waals surface area contributed by atoms with Crippen molar-refractivity contribution in [1.82, 2.24) is 14.8 Å². The lowest BCUT2D eigenvalue weighted by Crippen LogP contribution is -2.50. The van der Waals surface area contributed by atoms with Gasteiger partial charge in [0.25, 0.3) is 0 Å². The van der Waals surface area contributed by atoms with Crippen molar-refractivity contribution in [3.05, 3.63) is 59.8 Å². The Bertz CT molecular complexity index is 1080. The molecule has 0 unspecified atom stereocenters. The number of aromatic nitrogens is 1. The number of H-pyrrole nitrogens is 1. The molecule has 1 saturated heterocycles. The number of piperazine rings is 1. The van der Waals surface area contributed by atoms with Crippen LogP contribution in [0.3, 0.4) is 0 Å². The molecule has 1 aliphatic heterocycles. The Hall–Kier alpha value is -3.32. The third-order valence-electron chi connectivity index (χ3n) is 5.79. The highest BCUT2D eigenvalue weighted by Crippen LogP contribution is 2.28. The minimum atomic E-state index is 0.0785. The van der Waals surface area contributed by atoms with Crippen molar-refractivity contribution in [2.45, 2.75) is 6.42 Å². The van der Waals surface area contributed by atoms with Gasteiger partial charge in [-0.2, -0.15) is 0 Å². The third-order valence-corrected chi connectivity index (χ3v) is 5.79. The number of fused-ring (bicyclic) bond motifs is 1. The van der Waals surface area contributed by atoms with Gasteiger partial charge in [0.15, 0.2) is 17.3 Å². The second-order valence-electron chi connectivity index (χ2n) is 7.69. The fourth-order valence-corrected chi connectivity index (χ4v) is 4.02. The van der Waals surface area contributed by atoms with Crippen molar-refractivity contribution < 1.29 is 19.1 Å². The summed E-state index contributed by atoms with van der Waals surface area (Å²) in [4.78, 5) is 32.7. The molecular weight excluding hydrogens is 394 g/mol. The van der Waals surface area contributed by atoms with Crippen molar-refractivity contribution in [1.29, 1.82) is 0 Å². The summed E-state index contributed by atoms with van der Waals surface area (Å²) in [7, 11) is 3.17. The van der Waals surface area contributed by atoms with Crippen LogP contribution in [0.4, 0.5) is 0 Å². The van der Waals surface area contributed by atoms with Gasteiger partial charge in [0.05, 0.1) is 27.2 Å². The van der Waals surface area contributed by atoms with Crippen molar-refractivity contribution in [2.24, 2.45) is 0 Å². The first kappa shape index (κ1) is 20.9. The van der Waals surface area contributed by atoms with E-state index in [1.165, 1.54) is 0 Å². The van der Waals surface area contributed by atoms with Crippen molar-refractivity contribution in [3.8, 4) is 11.5 Å². The standard InChI is InChI=1S/C24H27N3O4/c1-30-22-8-7-17(13-23(22)31-2)14-24(29)27-11-9-26(10-12-27)16-21(28)19-15-25-20-6-4-3-5-18(19)20/h3-8,13,15,25H,9-12,14,16H2,1-2H3. The topological polar surface area (TPSA) is 74.9 Å². The highest BCUT2D eigenvalue weighted by molar-refractivity contribution is 6.08. The molecule has 0 atom stereocenters. The molecule has 2 heterocycles. The van der Waals surface area contributed by atoms with E-state index in [-0.39, 0.29) is 11.7 Å². The number of aromatic amines is 1. The predicted molar refractivity (Wildman–Crippen MR) is 119 cm³/mol. The Balaban J connectivity index is 1.31. The zero-order valence-corrected chi connectivity index (χ0v) is 17.9. The number of amides is 1. The largest absolute Gasteiger partial charge is 0.493 e. The monoisotopic (exact) mass is 421 g/mol. The number of hydrogen-bond donors (Lipinski definition) is 1. The number of Topliss-reactive ketones (excluding diaryl/α,β-unsaturated/α-hetero) is 1. The van der Waals surface area contributed by atoms with Gasteiger partial charge in [-0.1, -0.05) is 24.3 Å². The maximum atomic E-state index is 12.8. The van der Waals surface area contributed by atoms with Crippen molar-refractivity contribution in [2.75, 3.05) is 46.9 Å². The SMILES string of the molecule is COc1ccc(CC(=O)N2CCN(CC(=O)c3c[nH]c4ccccc34)CC2)cc1OC. The van der Waals surface area contributed by atoms with Crippen LogP contribution < -0.4 is 9.47 Å². The van der Waals surface area contributed by atoms with Gasteiger partial charge in [-0.05, 0) is 23.8 Å². The third kappa shape index (κ3) is 4.56. The van der Waals surface area contributed by atoms with Crippen LogP contribution in [0.15, 0.2) is 48.7 Å². The summed E-state index contributed by atoms with van der Waals surface area (Å²) >= 11 is 0. The second kappa shape index (κ2) is 9.22. The number of ketones is 1. The van der Waals surface area contributed by atoms with Crippen molar-refractivity contribution in [3.63, 3.8) is 0 Å². The fourth-order valence-electron chi connectivity index (χ4n) is 4.02. The van der Waals surface area contributed by atoms with Crippen LogP contribution in [0.2, 0.25) is 0 Å². The Kier molecular flexibility index (Phi) is 6.23. The minimum absolute atomic E-state index is 0.0785. The molecule has 1 N–H and O–H groups in total. The van der Waals surface area contributed by atoms with Gasteiger partial charge in [0, 0.05) is 48.8 Å². The van der Waals surface area contributed by atoms with Crippen molar-refractivity contribution >= 4 is 22.6 Å². The number of carbonyl (C=O) groups excluding carboxylic acids is 2. The average Bonchev–Trinajstić information content (AvgIpc) is 3.24. The highest BCUT2D eigenvalue weighted by Gasteiger charge is 2.24. The smallest absolute Gasteiger partial charge is 0.227 e. The Morgan fingerprint density at radius 2 is 1.71 bits per heavy atom. The first-order valence-corrected chi connectivity index (χ1v) is 10.4. The van der Waals surface area contributed by atoms with Crippen LogP contribution in [-0.2, 0) is 11.2 Å². The molecular formula is C24H27N3O4. The van der Waals surface area contributed by atoms with E-state index in [4.69, 9.17) is 9.47 Å². The summed E-state index contributed by atoms with van der Waals surface area (Å²) in [6.07, 6.45) is 2.10. The second-order valence-corrected chi connectivity index (χ2v) is 7.69. The molecule has 0 radical (unpaired) electrons. The number of rotatable bonds is 7. The fraction of sp³-hybridized carbons (Fsp3) is 0.333. The summed E-state index contributed by atoms with van der Waals surface area (Å²) in [5, 5.41) is 0.955. The normalized spacial score (nSPS) is 14.6. The first-order chi connectivity index (χ1) is 15.1. The number of ether oxygens (including phenoxy) is 2. The molecule has 4 rings (SSSR count). The van der Waals surface area contributed by atoms with Gasteiger partial charge < -0.3 is 19.4 Å². The molecule has 0 aliphatic carbocycles. The molecule has 1 aliphatic rings. The summed E-state index contributed by atoms with van der Waals surface area (Å²) in [6, 6.07) is 13.4. The highest BCUT2D eigenvalue weighted by atomic mass is 16.5. The van der Waals surface area contributed by atoms with E-state index < -0.39 is 0 Å². The van der Waals surface area contributed by atoms with Crippen LogP contribution in [-0.4, -0.2) is 73.4 Å². The first-order valence-electron chi connectivity index (χ1n) is 10.4. The van der Waals surface area contributed by atoms with E-state index >= 15 is 0 Å². The van der Waals surface area contributed by atoms with Gasteiger partial charge in [0.1, 0.15) is 0 Å². The van der Waals surface area contributed by atoms with Crippen LogP contribution in [0.5, 0.6) is 11.5 Å². The summed E-state index contributed by atoms with van der Waals surface area (Å²) in [6.45, 7) is 2.97. The lowest BCUT2D eigenvalue weighted by molar-refractivity contribution is -0.132. The van der Waals surface area contributed by atoms with Gasteiger partial charge in [0.2, 0.25) is 5.91 Å². The molecule has 1 fully saturated rings. The Labute approximate surface area is 181 Å². The maximum Gasteiger partial charge on any atom is 0.227 e. The van der Waals surface area contributed by atoms with E-state index in [2.05, 4.69) is 9.88 Å². The molecule has 0 saturated carbocycles. The van der Waals surface area contributed by atoms with Crippen LogP contribution in [0.1, 0.15) is 15.9 Å². The number of benzene rings is 2. The lowest BCUT2D eigenvalue weighted by atomic mass is 10.1. The number of hydrogen-bond acceptors (Lipinski definition) is 5. The van der Waals surface area contributed by atoms with Gasteiger partial charge in [-0.15, -0.1) is 0 Å². The maximum absolute atomic E-state index is 12.8. The molecule has 0 bridgehead atoms. The Morgan fingerprint density at radius 3 is 2.45 bits per heavy atom. The molecule has 1 aromatic heterocycles. The molecule has 7 heteroatoms. The van der Waals surface area contributed by atoms with Gasteiger partial charge >= 0.3 is 0 Å². The van der Waals surface area contributed by atoms with E-state index in [1.807, 2.05) is 47.4 Å². The van der Waals surface area contributed by atoms with Crippen LogP contribution >= 0.6 is 0 Å². The number of para-hydroxylation sites is 1. The number of nitrogens with zero attached hydrogens (tertiary/aromatic N) is 2. The van der Waals surface area contributed by atoms with E-state index in [0.29, 0.717) is 50.6 Å². The predicted octanol–water partition coefficient (Wildman–Crippen LogP) is 2.75. The molecule has 2 aromatic carbocycles. The molecule has 7 nitrogen and oxygen atoms in total. The molecule has 31 heavy (non-hydrogen) atoms. The van der Waals surface area contributed by atoms with Gasteiger partial charge in [-0.25, -0.2) is 0 Å². The molecule has 0 spiro atoms. The zero-order valence-electron chi connectivity index (χ0n) is 17.9. The molecule has 162 valence electrons. The number of carbonyl (C=O) groups is 2. The Morgan fingerprint density at radius 1 is 0.968 bits per heavy atom. The lowest BCUT2D eigenvalue weighted by Gasteiger charge is -2.34. The summed E-state index contributed by atoms with van der Waals surface area (Å²) < 4.78 is 10.6. The zero-order chi connectivity index (χ0) is 21.8. The van der Waals surface area contributed by atoms with Crippen LogP contribution in [0.25, 0.3) is 10.9 Å². The number of methoxy groups -OCH3 is 2. The van der Waals surface area contributed by atoms with Gasteiger partial charge in [-0.3, -0.25) is 14.5 Å². The summed E-state index contributed by atoms with van der Waals surface area (Å²) in [5.74, 6) is 1.44. The number of nitrogens with one attached hydrogen (secondary N) is 1. The molecule has 3 aromatic rings. The summed E-state index contributed by atoms with van der Waals surface area (Å²) in [5.41, 5.74) is 2.58.